The summed E-state index contributed by atoms with van der Waals surface area (Å²) >= 11 is 0. The molecule has 108 valence electrons. The lowest BCUT2D eigenvalue weighted by molar-refractivity contribution is 0.104. The van der Waals surface area contributed by atoms with E-state index in [1.165, 1.54) is 25.3 Å². The molecular weight excluding hydrogens is 268 g/mol. The maximum atomic E-state index is 12.0. The van der Waals surface area contributed by atoms with Gasteiger partial charge in [0.1, 0.15) is 17.2 Å². The highest BCUT2D eigenvalue weighted by Gasteiger charge is 2.08. The molecule has 0 unspecified atom stereocenters. The van der Waals surface area contributed by atoms with Crippen LogP contribution in [-0.4, -0.2) is 23.1 Å². The summed E-state index contributed by atoms with van der Waals surface area (Å²) in [7, 11) is 1.51. The maximum absolute atomic E-state index is 12.0. The van der Waals surface area contributed by atoms with Gasteiger partial charge in [-0.3, -0.25) is 4.79 Å². The Kier molecular flexibility index (Phi) is 4.28. The van der Waals surface area contributed by atoms with E-state index >= 15 is 0 Å². The second-order valence-corrected chi connectivity index (χ2v) is 4.58. The van der Waals surface area contributed by atoms with Gasteiger partial charge in [0.25, 0.3) is 0 Å². The van der Waals surface area contributed by atoms with Gasteiger partial charge in [-0.2, -0.15) is 0 Å². The van der Waals surface area contributed by atoms with E-state index in [2.05, 4.69) is 0 Å². The number of hydrogen-bond acceptors (Lipinski definition) is 4. The fourth-order valence-electron chi connectivity index (χ4n) is 1.99. The molecule has 0 saturated heterocycles. The van der Waals surface area contributed by atoms with Crippen LogP contribution in [-0.2, 0) is 0 Å². The van der Waals surface area contributed by atoms with E-state index in [1.807, 2.05) is 0 Å². The van der Waals surface area contributed by atoms with Gasteiger partial charge in [0.2, 0.25) is 0 Å². The second kappa shape index (κ2) is 6.13. The Morgan fingerprint density at radius 1 is 1.10 bits per heavy atom. The van der Waals surface area contributed by atoms with Crippen LogP contribution in [0.4, 0.5) is 0 Å². The Morgan fingerprint density at radius 3 is 2.38 bits per heavy atom. The second-order valence-electron chi connectivity index (χ2n) is 4.58. The normalized spacial score (nSPS) is 10.8. The first-order valence-electron chi connectivity index (χ1n) is 6.41. The van der Waals surface area contributed by atoms with Crippen LogP contribution >= 0.6 is 0 Å². The maximum Gasteiger partial charge on any atom is 0.185 e. The third kappa shape index (κ3) is 3.23. The van der Waals surface area contributed by atoms with Crippen LogP contribution in [0.1, 0.15) is 21.5 Å². The van der Waals surface area contributed by atoms with E-state index in [0.29, 0.717) is 22.4 Å². The average molecular weight is 284 g/mol. The Labute approximate surface area is 122 Å². The van der Waals surface area contributed by atoms with Crippen molar-refractivity contribution in [1.29, 1.82) is 0 Å². The van der Waals surface area contributed by atoms with Crippen molar-refractivity contribution < 1.29 is 19.7 Å². The monoisotopic (exact) mass is 284 g/mol. The summed E-state index contributed by atoms with van der Waals surface area (Å²) in [5.74, 6) is 0.618. The van der Waals surface area contributed by atoms with E-state index in [1.54, 1.807) is 37.3 Å². The molecule has 2 rings (SSSR count). The Bertz CT molecular complexity index is 685. The lowest BCUT2D eigenvalue weighted by Gasteiger charge is -2.09. The first-order valence-corrected chi connectivity index (χ1v) is 6.41. The van der Waals surface area contributed by atoms with Crippen LogP contribution < -0.4 is 4.74 Å². The number of carbonyl (C=O) groups excluding carboxylic acids is 1. The molecule has 0 heterocycles. The van der Waals surface area contributed by atoms with E-state index < -0.39 is 0 Å². The molecule has 0 aliphatic rings. The number of aromatic hydroxyl groups is 2. The minimum absolute atomic E-state index is 0.117. The lowest BCUT2D eigenvalue weighted by atomic mass is 10.1. The largest absolute Gasteiger partial charge is 0.508 e. The van der Waals surface area contributed by atoms with Crippen molar-refractivity contribution in [1.82, 2.24) is 0 Å². The summed E-state index contributed by atoms with van der Waals surface area (Å²) in [5, 5.41) is 18.8. The SMILES string of the molecule is COc1c(C=CC(=O)c2ccc(O)cc2)ccc(O)c1C. The summed E-state index contributed by atoms with van der Waals surface area (Å²) in [4.78, 5) is 12.0. The van der Waals surface area contributed by atoms with Crippen molar-refractivity contribution in [3.05, 3.63) is 59.2 Å². The highest BCUT2D eigenvalue weighted by atomic mass is 16.5. The van der Waals surface area contributed by atoms with E-state index in [9.17, 15) is 15.0 Å². The van der Waals surface area contributed by atoms with Gasteiger partial charge in [0.15, 0.2) is 5.78 Å². The number of methoxy groups -OCH3 is 1. The quantitative estimate of drug-likeness (QED) is 0.667. The number of ketones is 1. The highest BCUT2D eigenvalue weighted by Crippen LogP contribution is 2.31. The van der Waals surface area contributed by atoms with Crippen LogP contribution in [0.25, 0.3) is 6.08 Å². The van der Waals surface area contributed by atoms with Crippen molar-refractivity contribution in [3.63, 3.8) is 0 Å². The van der Waals surface area contributed by atoms with Crippen LogP contribution in [0.2, 0.25) is 0 Å². The number of phenolic OH excluding ortho intramolecular Hbond substituents is 2. The molecule has 0 radical (unpaired) electrons. The van der Waals surface area contributed by atoms with Crippen molar-refractivity contribution >= 4 is 11.9 Å². The zero-order valence-electron chi connectivity index (χ0n) is 11.8. The number of phenols is 2. The third-order valence-corrected chi connectivity index (χ3v) is 3.18. The predicted octanol–water partition coefficient (Wildman–Crippen LogP) is 3.31. The number of benzene rings is 2. The van der Waals surface area contributed by atoms with E-state index in [0.717, 1.165) is 0 Å². The number of ether oxygens (including phenoxy) is 1. The number of hydrogen-bond donors (Lipinski definition) is 2. The van der Waals surface area contributed by atoms with Crippen LogP contribution in [0.3, 0.4) is 0 Å². The molecule has 2 aromatic carbocycles. The summed E-state index contributed by atoms with van der Waals surface area (Å²) in [6.07, 6.45) is 3.07. The fraction of sp³-hybridized carbons (Fsp3) is 0.118. The number of rotatable bonds is 4. The summed E-state index contributed by atoms with van der Waals surface area (Å²) < 4.78 is 5.26. The molecule has 0 atom stereocenters. The van der Waals surface area contributed by atoms with Gasteiger partial charge in [-0.25, -0.2) is 0 Å². The molecule has 2 aromatic rings. The smallest absolute Gasteiger partial charge is 0.185 e. The molecule has 21 heavy (non-hydrogen) atoms. The van der Waals surface area contributed by atoms with Gasteiger partial charge in [-0.1, -0.05) is 0 Å². The Morgan fingerprint density at radius 2 is 1.76 bits per heavy atom. The lowest BCUT2D eigenvalue weighted by Crippen LogP contribution is -1.94. The molecular formula is C17H16O4. The molecule has 4 nitrogen and oxygen atoms in total. The van der Waals surface area contributed by atoms with E-state index in [-0.39, 0.29) is 17.3 Å². The van der Waals surface area contributed by atoms with Gasteiger partial charge in [-0.05, 0) is 55.5 Å². The number of allylic oxidation sites excluding steroid dienone is 1. The molecule has 0 aliphatic carbocycles. The molecule has 0 saturated carbocycles. The summed E-state index contributed by atoms with van der Waals surface area (Å²) in [5.41, 5.74) is 1.81. The van der Waals surface area contributed by atoms with Crippen molar-refractivity contribution in [3.8, 4) is 17.2 Å². The van der Waals surface area contributed by atoms with Crippen LogP contribution in [0.5, 0.6) is 17.2 Å². The zero-order valence-corrected chi connectivity index (χ0v) is 11.8. The molecule has 0 bridgehead atoms. The van der Waals surface area contributed by atoms with Gasteiger partial charge in [0.05, 0.1) is 7.11 Å². The van der Waals surface area contributed by atoms with Gasteiger partial charge in [-0.15, -0.1) is 0 Å². The molecule has 0 spiro atoms. The zero-order chi connectivity index (χ0) is 15.4. The molecule has 0 aliphatic heterocycles. The van der Waals surface area contributed by atoms with Crippen molar-refractivity contribution in [2.24, 2.45) is 0 Å². The highest BCUT2D eigenvalue weighted by molar-refractivity contribution is 6.07. The topological polar surface area (TPSA) is 66.8 Å². The van der Waals surface area contributed by atoms with Gasteiger partial charge >= 0.3 is 0 Å². The van der Waals surface area contributed by atoms with Crippen molar-refractivity contribution in [2.75, 3.05) is 7.11 Å². The van der Waals surface area contributed by atoms with Crippen LogP contribution in [0, 0.1) is 6.92 Å². The Balaban J connectivity index is 2.27. The Hall–Kier alpha value is -2.75. The van der Waals surface area contributed by atoms with Gasteiger partial charge in [0, 0.05) is 16.7 Å². The first-order chi connectivity index (χ1) is 10.0. The van der Waals surface area contributed by atoms with Crippen molar-refractivity contribution in [2.45, 2.75) is 6.92 Å². The standard InChI is InChI=1S/C17H16O4/c1-11-15(19)9-5-13(17(11)21-2)6-10-16(20)12-3-7-14(18)8-4-12/h3-10,18-19H,1-2H3. The van der Waals surface area contributed by atoms with Gasteiger partial charge < -0.3 is 14.9 Å². The predicted molar refractivity (Wildman–Crippen MR) is 80.9 cm³/mol. The van der Waals surface area contributed by atoms with Crippen LogP contribution in [0.15, 0.2) is 42.5 Å². The molecule has 0 fully saturated rings. The number of carbonyl (C=O) groups is 1. The fourth-order valence-corrected chi connectivity index (χ4v) is 1.99. The minimum Gasteiger partial charge on any atom is -0.508 e. The molecule has 2 N–H and O–H groups in total. The summed E-state index contributed by atoms with van der Waals surface area (Å²) in [6.45, 7) is 1.74. The average Bonchev–Trinajstić information content (AvgIpc) is 2.49. The molecule has 0 amide bonds. The summed E-state index contributed by atoms with van der Waals surface area (Å²) in [6, 6.07) is 9.28. The minimum atomic E-state index is -0.178. The molecule has 4 heteroatoms. The first kappa shape index (κ1) is 14.7. The molecule has 0 aromatic heterocycles. The third-order valence-electron chi connectivity index (χ3n) is 3.18. The van der Waals surface area contributed by atoms with E-state index in [4.69, 9.17) is 4.74 Å².